The first-order chi connectivity index (χ1) is 21.5. The van der Waals surface area contributed by atoms with Gasteiger partial charge < -0.3 is 8.97 Å². The molecule has 0 atom stereocenters. The molecule has 0 aliphatic carbocycles. The molecular weight excluding hydrogens is 645 g/mol. The Bertz CT molecular complexity index is 1480. The van der Waals surface area contributed by atoms with Crippen LogP contribution in [0.4, 0.5) is 0 Å². The lowest BCUT2D eigenvalue weighted by Crippen LogP contribution is -2.35. The average molecular weight is 697 g/mol. The Morgan fingerprint density at radius 3 is 0.911 bits per heavy atom. The molecule has 2 nitrogen and oxygen atoms in total. The molecule has 0 aliphatic rings. The van der Waals surface area contributed by atoms with Crippen molar-refractivity contribution in [2.24, 2.45) is 0 Å². The molecule has 242 valence electrons. The Kier molecular flexibility index (Phi) is 12.4. The van der Waals surface area contributed by atoms with Crippen LogP contribution in [0.5, 0.6) is 0 Å². The predicted octanol–water partition coefficient (Wildman–Crippen LogP) is 12.3. The van der Waals surface area contributed by atoms with Gasteiger partial charge in [0.15, 0.2) is 0 Å². The van der Waals surface area contributed by atoms with Crippen molar-refractivity contribution in [2.45, 2.75) is 64.2 Å². The number of thiophene rings is 5. The maximum Gasteiger partial charge on any atom is 0.0780 e. The van der Waals surface area contributed by atoms with E-state index in [1.165, 1.54) is 126 Å². The third-order valence-electron chi connectivity index (χ3n) is 8.12. The minimum atomic E-state index is 1.08. The van der Waals surface area contributed by atoms with Crippen molar-refractivity contribution >= 4 is 56.7 Å². The van der Waals surface area contributed by atoms with Crippen LogP contribution in [0.3, 0.4) is 0 Å². The van der Waals surface area contributed by atoms with E-state index in [4.69, 9.17) is 0 Å². The first-order valence-electron chi connectivity index (χ1n) is 16.6. The zero-order chi connectivity index (χ0) is 31.9. The standard InChI is InChI=1S/C38H52N2S5/c1-39(2,3)27-13-9-7-11-15-29-17-19-31(41-29)33-21-23-35(43-33)37-25-26-38(45-37)36-24-22-34(44-36)32-20-18-30(42-32)16-12-8-10-14-28-40(4,5)6/h17-26H,7-16,27-28H2,1-6H3/q+2. The number of quaternary nitrogens is 2. The van der Waals surface area contributed by atoms with Gasteiger partial charge in [-0.1, -0.05) is 12.8 Å². The lowest BCUT2D eigenvalue weighted by atomic mass is 10.1. The Morgan fingerprint density at radius 1 is 0.333 bits per heavy atom. The van der Waals surface area contributed by atoms with Crippen molar-refractivity contribution in [1.29, 1.82) is 0 Å². The maximum atomic E-state index is 2.36. The predicted molar refractivity (Wildman–Crippen MR) is 208 cm³/mol. The molecule has 5 aromatic rings. The first kappa shape index (κ1) is 34.7. The summed E-state index contributed by atoms with van der Waals surface area (Å²) in [5.74, 6) is 0. The van der Waals surface area contributed by atoms with E-state index in [-0.39, 0.29) is 0 Å². The molecule has 0 spiro atoms. The van der Waals surface area contributed by atoms with Crippen molar-refractivity contribution in [3.63, 3.8) is 0 Å². The Labute approximate surface area is 292 Å². The van der Waals surface area contributed by atoms with E-state index in [9.17, 15) is 0 Å². The zero-order valence-electron chi connectivity index (χ0n) is 28.2. The quantitative estimate of drug-likeness (QED) is 0.0632. The van der Waals surface area contributed by atoms with Crippen LogP contribution in [-0.4, -0.2) is 64.3 Å². The molecule has 7 heteroatoms. The van der Waals surface area contributed by atoms with Crippen LogP contribution in [0.1, 0.15) is 61.1 Å². The Hall–Kier alpha value is -1.58. The van der Waals surface area contributed by atoms with Gasteiger partial charge in [-0.05, 0) is 112 Å². The summed E-state index contributed by atoms with van der Waals surface area (Å²) in [5.41, 5.74) is 0. The molecular formula is C38H52N2S5+2. The summed E-state index contributed by atoms with van der Waals surface area (Å²) < 4.78 is 2.15. The molecule has 0 radical (unpaired) electrons. The summed E-state index contributed by atoms with van der Waals surface area (Å²) in [6.45, 7) is 2.55. The smallest absolute Gasteiger partial charge is 0.0780 e. The fraction of sp³-hybridized carbons (Fsp3) is 0.474. The molecule has 0 bridgehead atoms. The summed E-state index contributed by atoms with van der Waals surface area (Å²) >= 11 is 9.78. The number of unbranched alkanes of at least 4 members (excludes halogenated alkanes) is 6. The van der Waals surface area contributed by atoms with Gasteiger partial charge in [0.2, 0.25) is 0 Å². The molecule has 5 heterocycles. The van der Waals surface area contributed by atoms with Crippen LogP contribution in [-0.2, 0) is 12.8 Å². The van der Waals surface area contributed by atoms with Crippen LogP contribution >= 0.6 is 56.7 Å². The summed E-state index contributed by atoms with van der Waals surface area (Å²) in [4.78, 5) is 14.2. The number of aryl methyl sites for hydroxylation is 2. The van der Waals surface area contributed by atoms with Gasteiger partial charge in [0.05, 0.1) is 55.4 Å². The minimum absolute atomic E-state index is 1.08. The van der Waals surface area contributed by atoms with Crippen molar-refractivity contribution in [2.75, 3.05) is 55.4 Å². The van der Waals surface area contributed by atoms with Crippen molar-refractivity contribution in [3.05, 3.63) is 70.4 Å². The van der Waals surface area contributed by atoms with E-state index in [0.717, 1.165) is 8.97 Å². The van der Waals surface area contributed by atoms with E-state index in [1.807, 2.05) is 56.7 Å². The lowest BCUT2D eigenvalue weighted by molar-refractivity contribution is -0.870. The highest BCUT2D eigenvalue weighted by molar-refractivity contribution is 7.29. The second-order valence-electron chi connectivity index (χ2n) is 14.4. The second kappa shape index (κ2) is 16.0. The van der Waals surface area contributed by atoms with E-state index in [0.29, 0.717) is 0 Å². The largest absolute Gasteiger partial charge is 0.331 e. The SMILES string of the molecule is C[N+](C)(C)CCCCCCc1ccc(-c2ccc(-c3ccc(-c4ccc(-c5ccc(CCCCCC[N+](C)(C)C)s5)s4)s3)s2)s1. The van der Waals surface area contributed by atoms with Gasteiger partial charge >= 0.3 is 0 Å². The summed E-state index contributed by atoms with van der Waals surface area (Å²) in [6, 6.07) is 23.3. The molecule has 0 aliphatic heterocycles. The van der Waals surface area contributed by atoms with E-state index < -0.39 is 0 Å². The topological polar surface area (TPSA) is 0 Å². The molecule has 5 aromatic heterocycles. The van der Waals surface area contributed by atoms with Gasteiger partial charge in [-0.15, -0.1) is 56.7 Å². The van der Waals surface area contributed by atoms with E-state index in [2.05, 4.69) is 103 Å². The van der Waals surface area contributed by atoms with E-state index in [1.54, 1.807) is 0 Å². The van der Waals surface area contributed by atoms with E-state index >= 15 is 0 Å². The second-order valence-corrected chi connectivity index (χ2v) is 20.0. The van der Waals surface area contributed by atoms with Gasteiger partial charge in [-0.2, -0.15) is 0 Å². The Morgan fingerprint density at radius 2 is 0.600 bits per heavy atom. The molecule has 0 unspecified atom stereocenters. The maximum absolute atomic E-state index is 2.36. The minimum Gasteiger partial charge on any atom is -0.331 e. The van der Waals surface area contributed by atoms with Crippen molar-refractivity contribution < 1.29 is 8.97 Å². The van der Waals surface area contributed by atoms with Gasteiger partial charge in [-0.25, -0.2) is 0 Å². The molecule has 5 rings (SSSR count). The zero-order valence-corrected chi connectivity index (χ0v) is 32.3. The van der Waals surface area contributed by atoms with Crippen LogP contribution < -0.4 is 0 Å². The number of rotatable bonds is 18. The van der Waals surface area contributed by atoms with Crippen LogP contribution in [0.15, 0.2) is 60.7 Å². The highest BCUT2D eigenvalue weighted by atomic mass is 32.1. The van der Waals surface area contributed by atoms with Gasteiger partial charge in [0.1, 0.15) is 0 Å². The molecule has 0 aromatic carbocycles. The van der Waals surface area contributed by atoms with Crippen molar-refractivity contribution in [1.82, 2.24) is 0 Å². The summed E-state index contributed by atoms with van der Waals surface area (Å²) in [6.07, 6.45) is 13.1. The third-order valence-corrected chi connectivity index (χ3v) is 14.4. The molecule has 45 heavy (non-hydrogen) atoms. The van der Waals surface area contributed by atoms with Crippen LogP contribution in [0.25, 0.3) is 39.0 Å². The average Bonchev–Trinajstić information content (AvgIpc) is 3.81. The first-order valence-corrected chi connectivity index (χ1v) is 20.7. The fourth-order valence-corrected chi connectivity index (χ4v) is 11.1. The highest BCUT2D eigenvalue weighted by Gasteiger charge is 2.14. The lowest BCUT2D eigenvalue weighted by Gasteiger charge is -2.23. The van der Waals surface area contributed by atoms with Crippen molar-refractivity contribution in [3.8, 4) is 39.0 Å². The normalized spacial score (nSPS) is 12.4. The summed E-state index contributed by atoms with van der Waals surface area (Å²) in [7, 11) is 13.7. The molecule has 0 saturated carbocycles. The highest BCUT2D eigenvalue weighted by Crippen LogP contribution is 2.44. The molecule has 0 saturated heterocycles. The molecule has 0 fully saturated rings. The number of hydrogen-bond acceptors (Lipinski definition) is 5. The molecule has 0 N–H and O–H groups in total. The van der Waals surface area contributed by atoms with Gasteiger partial charge in [-0.3, -0.25) is 0 Å². The number of hydrogen-bond donors (Lipinski definition) is 0. The third kappa shape index (κ3) is 11.0. The molecule has 0 amide bonds. The Balaban J connectivity index is 1.10. The monoisotopic (exact) mass is 696 g/mol. The fourth-order valence-electron chi connectivity index (χ4n) is 5.58. The van der Waals surface area contributed by atoms with Gasteiger partial charge in [0.25, 0.3) is 0 Å². The van der Waals surface area contributed by atoms with Crippen LogP contribution in [0, 0.1) is 0 Å². The summed E-state index contributed by atoms with van der Waals surface area (Å²) in [5, 5.41) is 0. The van der Waals surface area contributed by atoms with Gasteiger partial charge in [0, 0.05) is 48.8 Å². The van der Waals surface area contributed by atoms with Crippen LogP contribution in [0.2, 0.25) is 0 Å². The number of nitrogens with zero attached hydrogens (tertiary/aromatic N) is 2.